The predicted molar refractivity (Wildman–Crippen MR) is 103 cm³/mol. The Morgan fingerprint density at radius 2 is 1.65 bits per heavy atom. The van der Waals surface area contributed by atoms with Crippen molar-refractivity contribution in [3.05, 3.63) is 12.2 Å². The van der Waals surface area contributed by atoms with E-state index in [-0.39, 0.29) is 6.17 Å². The third-order valence-electron chi connectivity index (χ3n) is 4.68. The third-order valence-corrected chi connectivity index (χ3v) is 4.68. The van der Waals surface area contributed by atoms with Crippen LogP contribution in [0.15, 0.2) is 17.1 Å². The first-order chi connectivity index (χ1) is 11.3. The summed E-state index contributed by atoms with van der Waals surface area (Å²) in [5.74, 6) is 0. The van der Waals surface area contributed by atoms with E-state index in [1.165, 1.54) is 77.0 Å². The van der Waals surface area contributed by atoms with E-state index in [1.54, 1.807) is 0 Å². The van der Waals surface area contributed by atoms with Gasteiger partial charge in [0, 0.05) is 12.8 Å². The zero-order chi connectivity index (χ0) is 16.8. The van der Waals surface area contributed by atoms with Crippen molar-refractivity contribution in [1.29, 1.82) is 0 Å². The molecule has 2 atom stereocenters. The van der Waals surface area contributed by atoms with Crippen LogP contribution >= 0.6 is 0 Å². The second kappa shape index (κ2) is 13.7. The molecule has 0 aromatic carbocycles. The van der Waals surface area contributed by atoms with E-state index < -0.39 is 0 Å². The van der Waals surface area contributed by atoms with Crippen molar-refractivity contribution >= 4 is 6.21 Å². The summed E-state index contributed by atoms with van der Waals surface area (Å²) in [5, 5.41) is 0. The molecule has 1 aliphatic rings. The van der Waals surface area contributed by atoms with Crippen LogP contribution in [-0.2, 0) is 0 Å². The zero-order valence-corrected chi connectivity index (χ0v) is 15.6. The number of nitrogens with zero attached hydrogens (tertiary/aromatic N) is 2. The first-order valence-corrected chi connectivity index (χ1v) is 9.93. The maximum Gasteiger partial charge on any atom is 0.103 e. The fourth-order valence-corrected chi connectivity index (χ4v) is 3.20. The summed E-state index contributed by atoms with van der Waals surface area (Å²) >= 11 is 0. The van der Waals surface area contributed by atoms with E-state index in [2.05, 4.69) is 35.9 Å². The Morgan fingerprint density at radius 1 is 1.04 bits per heavy atom. The van der Waals surface area contributed by atoms with Gasteiger partial charge in [-0.2, -0.15) is 0 Å². The van der Waals surface area contributed by atoms with Gasteiger partial charge in [0.15, 0.2) is 0 Å². The highest BCUT2D eigenvalue weighted by Gasteiger charge is 2.22. The largest absolute Gasteiger partial charge is 0.316 e. The Labute approximate surface area is 144 Å². The molecule has 1 aliphatic heterocycles. The number of rotatable bonds is 14. The van der Waals surface area contributed by atoms with Gasteiger partial charge in [-0.3, -0.25) is 9.89 Å². The van der Waals surface area contributed by atoms with Crippen molar-refractivity contribution < 1.29 is 0 Å². The van der Waals surface area contributed by atoms with Crippen LogP contribution in [0.3, 0.4) is 0 Å². The molecule has 0 saturated heterocycles. The highest BCUT2D eigenvalue weighted by Crippen LogP contribution is 2.17. The quantitative estimate of drug-likeness (QED) is 0.350. The highest BCUT2D eigenvalue weighted by atomic mass is 15.3. The summed E-state index contributed by atoms with van der Waals surface area (Å²) in [6, 6.07) is 0. The van der Waals surface area contributed by atoms with Gasteiger partial charge in [0.05, 0.1) is 6.17 Å². The minimum atomic E-state index is 0.124. The lowest BCUT2D eigenvalue weighted by molar-refractivity contribution is 0.182. The molecule has 0 amide bonds. The summed E-state index contributed by atoms with van der Waals surface area (Å²) < 4.78 is 0. The van der Waals surface area contributed by atoms with Crippen LogP contribution in [0.5, 0.6) is 0 Å². The molecule has 1 heterocycles. The first kappa shape index (κ1) is 20.4. The molecule has 0 aliphatic carbocycles. The molecule has 3 nitrogen and oxygen atoms in total. The molecule has 0 aromatic heterocycles. The lowest BCUT2D eigenvalue weighted by atomic mass is 10.1. The molecule has 0 fully saturated rings. The fourth-order valence-electron chi connectivity index (χ4n) is 3.20. The molecule has 3 heteroatoms. The van der Waals surface area contributed by atoms with Crippen LogP contribution in [0, 0.1) is 0 Å². The van der Waals surface area contributed by atoms with Crippen molar-refractivity contribution in [3.63, 3.8) is 0 Å². The minimum absolute atomic E-state index is 0.124. The molecule has 0 spiro atoms. The average Bonchev–Trinajstić information content (AvgIpc) is 3.00. The Kier molecular flexibility index (Phi) is 12.2. The molecule has 134 valence electrons. The van der Waals surface area contributed by atoms with Crippen molar-refractivity contribution in [2.24, 2.45) is 10.7 Å². The number of hydrogen-bond acceptors (Lipinski definition) is 3. The van der Waals surface area contributed by atoms with Gasteiger partial charge in [0.25, 0.3) is 0 Å². The molecule has 0 aromatic rings. The summed E-state index contributed by atoms with van der Waals surface area (Å²) in [6.07, 6.45) is 23.1. The second-order valence-electron chi connectivity index (χ2n) is 6.92. The van der Waals surface area contributed by atoms with Crippen LogP contribution in [0.1, 0.15) is 90.9 Å². The second-order valence-corrected chi connectivity index (χ2v) is 6.92. The van der Waals surface area contributed by atoms with Crippen LogP contribution in [0.2, 0.25) is 0 Å². The van der Waals surface area contributed by atoms with Crippen molar-refractivity contribution in [1.82, 2.24) is 4.90 Å². The maximum absolute atomic E-state index is 5.97. The third kappa shape index (κ3) is 9.93. The zero-order valence-electron chi connectivity index (χ0n) is 15.6. The fraction of sp³-hybridized carbons (Fsp3) is 0.850. The van der Waals surface area contributed by atoms with Crippen LogP contribution in [-0.4, -0.2) is 30.0 Å². The summed E-state index contributed by atoms with van der Waals surface area (Å²) in [4.78, 5) is 6.83. The van der Waals surface area contributed by atoms with E-state index in [1.807, 2.05) is 6.21 Å². The molecule has 2 unspecified atom stereocenters. The average molecular weight is 322 g/mol. The van der Waals surface area contributed by atoms with Gasteiger partial charge < -0.3 is 5.73 Å². The molecule has 23 heavy (non-hydrogen) atoms. The van der Waals surface area contributed by atoms with Gasteiger partial charge in [-0.15, -0.1) is 0 Å². The summed E-state index contributed by atoms with van der Waals surface area (Å²) in [7, 11) is 0. The van der Waals surface area contributed by atoms with Gasteiger partial charge in [-0.1, -0.05) is 64.0 Å². The monoisotopic (exact) mass is 321 g/mol. The molecule has 0 saturated carbocycles. The molecule has 1 rings (SSSR count). The van der Waals surface area contributed by atoms with E-state index >= 15 is 0 Å². The Balaban J connectivity index is 1.84. The molecule has 0 bridgehead atoms. The number of hydrogen-bond donors (Lipinski definition) is 1. The van der Waals surface area contributed by atoms with E-state index in [0.717, 1.165) is 6.54 Å². The smallest absolute Gasteiger partial charge is 0.103 e. The standard InChI is InChI=1S/C20H39N3/c1-3-4-5-6-7-8-9-10-11-12-13-14-15-16-20-22-17-18-23(20)19(2)21/h5-6,17,19-20H,3-4,7-16,18,21H2,1-2H3/b6-5+. The maximum atomic E-state index is 5.97. The lowest BCUT2D eigenvalue weighted by Gasteiger charge is -2.26. The number of nitrogens with two attached hydrogens (primary N) is 1. The molecular formula is C20H39N3. The predicted octanol–water partition coefficient (Wildman–Crippen LogP) is 5.26. The van der Waals surface area contributed by atoms with E-state index in [4.69, 9.17) is 5.73 Å². The van der Waals surface area contributed by atoms with Gasteiger partial charge in [0.1, 0.15) is 6.17 Å². The van der Waals surface area contributed by atoms with Gasteiger partial charge >= 0.3 is 0 Å². The Hall–Kier alpha value is -0.670. The van der Waals surface area contributed by atoms with Gasteiger partial charge in [-0.05, 0) is 39.0 Å². The Morgan fingerprint density at radius 3 is 2.30 bits per heavy atom. The molecule has 2 N–H and O–H groups in total. The number of aliphatic imine (C=N–C) groups is 1. The minimum Gasteiger partial charge on any atom is -0.316 e. The van der Waals surface area contributed by atoms with Gasteiger partial charge in [-0.25, -0.2) is 0 Å². The number of allylic oxidation sites excluding steroid dienone is 2. The van der Waals surface area contributed by atoms with Crippen LogP contribution in [0.25, 0.3) is 0 Å². The number of unbranched alkanes of at least 4 members (excludes halogenated alkanes) is 9. The lowest BCUT2D eigenvalue weighted by Crippen LogP contribution is -2.43. The summed E-state index contributed by atoms with van der Waals surface area (Å²) in [5.41, 5.74) is 5.97. The van der Waals surface area contributed by atoms with Crippen LogP contribution < -0.4 is 5.73 Å². The van der Waals surface area contributed by atoms with E-state index in [0.29, 0.717) is 6.17 Å². The van der Waals surface area contributed by atoms with Crippen molar-refractivity contribution in [3.8, 4) is 0 Å². The van der Waals surface area contributed by atoms with Gasteiger partial charge in [0.2, 0.25) is 0 Å². The normalized spacial score (nSPS) is 19.9. The van der Waals surface area contributed by atoms with Crippen molar-refractivity contribution in [2.45, 2.75) is 103 Å². The van der Waals surface area contributed by atoms with Crippen LogP contribution in [0.4, 0.5) is 0 Å². The van der Waals surface area contributed by atoms with E-state index in [9.17, 15) is 0 Å². The molecular weight excluding hydrogens is 282 g/mol. The first-order valence-electron chi connectivity index (χ1n) is 9.93. The Bertz CT molecular complexity index is 323. The summed E-state index contributed by atoms with van der Waals surface area (Å²) in [6.45, 7) is 5.22. The topological polar surface area (TPSA) is 41.6 Å². The SMILES string of the molecule is CCC/C=C/CCCCCCCCCCC1N=CCN1C(C)N. The van der Waals surface area contributed by atoms with Crippen molar-refractivity contribution in [2.75, 3.05) is 6.54 Å². The highest BCUT2D eigenvalue weighted by molar-refractivity contribution is 5.62. The molecule has 0 radical (unpaired) electrons.